The number of thioether (sulfide) groups is 1. The number of fused-ring (bicyclic) bond motifs is 3. The van der Waals surface area contributed by atoms with Crippen LogP contribution in [0, 0.1) is 5.82 Å². The average Bonchev–Trinajstić information content (AvgIpc) is 2.92. The van der Waals surface area contributed by atoms with Gasteiger partial charge in [0, 0.05) is 0 Å². The summed E-state index contributed by atoms with van der Waals surface area (Å²) in [5, 5.41) is 0.771. The molecular weight excluding hydrogens is 291 g/mol. The van der Waals surface area contributed by atoms with E-state index >= 15 is 0 Å². The molecule has 0 amide bonds. The molecule has 0 aliphatic carbocycles. The van der Waals surface area contributed by atoms with Crippen LogP contribution in [0.15, 0.2) is 22.0 Å². The van der Waals surface area contributed by atoms with E-state index in [-0.39, 0.29) is 11.0 Å². The number of benzene rings is 1. The van der Waals surface area contributed by atoms with E-state index in [0.29, 0.717) is 23.2 Å². The van der Waals surface area contributed by atoms with E-state index in [0.717, 1.165) is 5.69 Å². The van der Waals surface area contributed by atoms with Gasteiger partial charge in [-0.15, -0.1) is 0 Å². The first kappa shape index (κ1) is 12.7. The van der Waals surface area contributed by atoms with Crippen LogP contribution < -0.4 is 4.90 Å². The SMILES string of the molecule is CCOC(=O)[C@@H]1CN2C(=N1)Sc1c2ccc(F)c1Cl. The topological polar surface area (TPSA) is 41.9 Å². The molecule has 100 valence electrons. The number of carbonyl (C=O) groups is 1. The Morgan fingerprint density at radius 1 is 1.68 bits per heavy atom. The first-order valence-electron chi connectivity index (χ1n) is 5.79. The van der Waals surface area contributed by atoms with Crippen molar-refractivity contribution in [1.82, 2.24) is 0 Å². The van der Waals surface area contributed by atoms with Crippen molar-refractivity contribution in [2.24, 2.45) is 4.99 Å². The van der Waals surface area contributed by atoms with E-state index in [2.05, 4.69) is 4.99 Å². The zero-order valence-electron chi connectivity index (χ0n) is 10.0. The molecule has 7 heteroatoms. The van der Waals surface area contributed by atoms with Crippen molar-refractivity contribution in [1.29, 1.82) is 0 Å². The average molecular weight is 301 g/mol. The maximum Gasteiger partial charge on any atom is 0.332 e. The summed E-state index contributed by atoms with van der Waals surface area (Å²) in [6.07, 6.45) is 0. The van der Waals surface area contributed by atoms with E-state index in [1.165, 1.54) is 17.8 Å². The molecule has 4 nitrogen and oxygen atoms in total. The van der Waals surface area contributed by atoms with Gasteiger partial charge >= 0.3 is 5.97 Å². The lowest BCUT2D eigenvalue weighted by Gasteiger charge is -2.14. The van der Waals surface area contributed by atoms with E-state index < -0.39 is 11.9 Å². The van der Waals surface area contributed by atoms with Gasteiger partial charge in [0.25, 0.3) is 0 Å². The second kappa shape index (κ2) is 4.68. The third kappa shape index (κ3) is 1.99. The summed E-state index contributed by atoms with van der Waals surface area (Å²) in [6.45, 7) is 2.50. The highest BCUT2D eigenvalue weighted by molar-refractivity contribution is 8.15. The number of halogens is 2. The highest BCUT2D eigenvalue weighted by Gasteiger charge is 2.39. The molecule has 0 saturated heterocycles. The van der Waals surface area contributed by atoms with Crippen LogP contribution in [0.25, 0.3) is 0 Å². The fourth-order valence-corrected chi connectivity index (χ4v) is 3.46. The number of aliphatic imine (C=N–C) groups is 1. The van der Waals surface area contributed by atoms with Crippen molar-refractivity contribution in [2.45, 2.75) is 17.9 Å². The molecule has 0 saturated carbocycles. The van der Waals surface area contributed by atoms with E-state index in [4.69, 9.17) is 16.3 Å². The smallest absolute Gasteiger partial charge is 0.332 e. The second-order valence-electron chi connectivity index (χ2n) is 4.10. The zero-order chi connectivity index (χ0) is 13.6. The molecule has 0 aromatic heterocycles. The van der Waals surface area contributed by atoms with Crippen LogP contribution >= 0.6 is 23.4 Å². The molecule has 2 aliphatic heterocycles. The van der Waals surface area contributed by atoms with Gasteiger partial charge in [0.2, 0.25) is 0 Å². The summed E-state index contributed by atoms with van der Waals surface area (Å²) in [7, 11) is 0. The molecule has 0 fully saturated rings. The number of hydrogen-bond acceptors (Lipinski definition) is 5. The lowest BCUT2D eigenvalue weighted by molar-refractivity contribution is -0.144. The zero-order valence-corrected chi connectivity index (χ0v) is 11.6. The van der Waals surface area contributed by atoms with Crippen molar-refractivity contribution in [3.05, 3.63) is 23.0 Å². The predicted molar refractivity (Wildman–Crippen MR) is 72.5 cm³/mol. The molecule has 1 aromatic rings. The molecule has 1 atom stereocenters. The Morgan fingerprint density at radius 3 is 3.21 bits per heavy atom. The van der Waals surface area contributed by atoms with Crippen molar-refractivity contribution in [3.8, 4) is 0 Å². The molecule has 2 heterocycles. The fourth-order valence-electron chi connectivity index (χ4n) is 2.07. The van der Waals surface area contributed by atoms with Crippen LogP contribution in [0.2, 0.25) is 5.02 Å². The van der Waals surface area contributed by atoms with Gasteiger partial charge in [0.15, 0.2) is 11.2 Å². The summed E-state index contributed by atoms with van der Waals surface area (Å²) >= 11 is 7.21. The van der Waals surface area contributed by atoms with Gasteiger partial charge in [-0.1, -0.05) is 11.6 Å². The summed E-state index contributed by atoms with van der Waals surface area (Å²) in [5.74, 6) is -0.781. The number of rotatable bonds is 2. The van der Waals surface area contributed by atoms with Crippen molar-refractivity contribution in [2.75, 3.05) is 18.1 Å². The van der Waals surface area contributed by atoms with E-state index in [9.17, 15) is 9.18 Å². The van der Waals surface area contributed by atoms with Crippen LogP contribution in [0.4, 0.5) is 10.1 Å². The van der Waals surface area contributed by atoms with Gasteiger partial charge in [-0.3, -0.25) is 0 Å². The molecular formula is C12H10ClFN2O2S. The number of esters is 1. The van der Waals surface area contributed by atoms with Crippen LogP contribution in [0.3, 0.4) is 0 Å². The standard InChI is InChI=1S/C12H10ClFN2O2S/c1-2-18-11(17)7-5-16-8-4-3-6(14)9(13)10(8)19-12(16)15-7/h3-4,7H,2,5H2,1H3/t7-/m0/s1. The van der Waals surface area contributed by atoms with Crippen LogP contribution in [-0.4, -0.2) is 30.3 Å². The Kier molecular flexibility index (Phi) is 3.14. The maximum atomic E-state index is 13.4. The number of ether oxygens (including phenoxy) is 1. The largest absolute Gasteiger partial charge is 0.464 e. The predicted octanol–water partition coefficient (Wildman–Crippen LogP) is 2.69. The van der Waals surface area contributed by atoms with Gasteiger partial charge in [-0.25, -0.2) is 14.2 Å². The Morgan fingerprint density at radius 2 is 2.47 bits per heavy atom. The summed E-state index contributed by atoms with van der Waals surface area (Å²) in [6, 6.07) is 2.46. The summed E-state index contributed by atoms with van der Waals surface area (Å²) < 4.78 is 18.3. The lowest BCUT2D eigenvalue weighted by atomic mass is 10.2. The van der Waals surface area contributed by atoms with Gasteiger partial charge < -0.3 is 9.64 Å². The first-order chi connectivity index (χ1) is 9.11. The number of nitrogens with zero attached hydrogens (tertiary/aromatic N) is 2. The molecule has 19 heavy (non-hydrogen) atoms. The Balaban J connectivity index is 1.89. The van der Waals surface area contributed by atoms with Crippen molar-refractivity contribution >= 4 is 40.2 Å². The first-order valence-corrected chi connectivity index (χ1v) is 6.99. The number of hydrogen-bond donors (Lipinski definition) is 0. The molecule has 0 bridgehead atoms. The molecule has 0 spiro atoms. The van der Waals surface area contributed by atoms with Crippen LogP contribution in [-0.2, 0) is 9.53 Å². The van der Waals surface area contributed by atoms with Crippen molar-refractivity contribution < 1.29 is 13.9 Å². The van der Waals surface area contributed by atoms with Gasteiger partial charge in [-0.2, -0.15) is 0 Å². The van der Waals surface area contributed by atoms with Crippen LogP contribution in [0.1, 0.15) is 6.92 Å². The van der Waals surface area contributed by atoms with Gasteiger partial charge in [0.1, 0.15) is 5.82 Å². The third-order valence-electron chi connectivity index (χ3n) is 2.92. The second-order valence-corrected chi connectivity index (χ2v) is 5.46. The number of carbonyl (C=O) groups excluding carboxylic acids is 1. The maximum absolute atomic E-state index is 13.4. The highest BCUT2D eigenvalue weighted by atomic mass is 35.5. The van der Waals surface area contributed by atoms with Crippen LogP contribution in [0.5, 0.6) is 0 Å². The summed E-state index contributed by atoms with van der Waals surface area (Å²) in [5.41, 5.74) is 0.793. The fraction of sp³-hybridized carbons (Fsp3) is 0.333. The molecule has 1 aromatic carbocycles. The normalized spacial score (nSPS) is 20.1. The van der Waals surface area contributed by atoms with E-state index in [1.807, 2.05) is 4.90 Å². The molecule has 3 rings (SSSR count). The molecule has 2 aliphatic rings. The Bertz CT molecular complexity index is 593. The number of amidine groups is 1. The molecule has 0 N–H and O–H groups in total. The Hall–Kier alpha value is -1.27. The van der Waals surface area contributed by atoms with Gasteiger partial charge in [-0.05, 0) is 30.8 Å². The minimum absolute atomic E-state index is 0.104. The minimum Gasteiger partial charge on any atom is -0.464 e. The highest BCUT2D eigenvalue weighted by Crippen LogP contribution is 2.47. The lowest BCUT2D eigenvalue weighted by Crippen LogP contribution is -2.30. The summed E-state index contributed by atoms with van der Waals surface area (Å²) in [4.78, 5) is 18.5. The monoisotopic (exact) mass is 300 g/mol. The van der Waals surface area contributed by atoms with Crippen molar-refractivity contribution in [3.63, 3.8) is 0 Å². The Labute approximate surface area is 118 Å². The van der Waals surface area contributed by atoms with Gasteiger partial charge in [0.05, 0.1) is 28.8 Å². The van der Waals surface area contributed by atoms with E-state index in [1.54, 1.807) is 13.0 Å². The number of anilines is 1. The third-order valence-corrected chi connectivity index (χ3v) is 4.53. The minimum atomic E-state index is -0.514. The molecule has 0 unspecified atom stereocenters. The quantitative estimate of drug-likeness (QED) is 0.788. The molecule has 0 radical (unpaired) electrons.